The first-order valence-electron chi connectivity index (χ1n) is 10.5. The summed E-state index contributed by atoms with van der Waals surface area (Å²) in [7, 11) is 3.21. The molecule has 6 heteroatoms. The van der Waals surface area contributed by atoms with Crippen LogP contribution in [-0.4, -0.2) is 40.2 Å². The number of carbonyl (C=O) groups is 2. The van der Waals surface area contributed by atoms with Crippen LogP contribution in [0.3, 0.4) is 0 Å². The molecule has 2 aromatic rings. The number of carbonyl (C=O) groups excluding carboxylic acids is 2. The van der Waals surface area contributed by atoms with Crippen molar-refractivity contribution in [1.29, 1.82) is 0 Å². The van der Waals surface area contributed by atoms with Crippen molar-refractivity contribution in [2.24, 2.45) is 13.0 Å². The second kappa shape index (κ2) is 8.69. The Hall–Kier alpha value is -3.15. The lowest BCUT2D eigenvalue weighted by Gasteiger charge is -2.38. The van der Waals surface area contributed by atoms with Crippen LogP contribution >= 0.6 is 0 Å². The fourth-order valence-corrected chi connectivity index (χ4v) is 4.46. The average molecular weight is 405 g/mol. The van der Waals surface area contributed by atoms with E-state index in [4.69, 9.17) is 0 Å². The van der Waals surface area contributed by atoms with Crippen LogP contribution in [0, 0.1) is 5.92 Å². The van der Waals surface area contributed by atoms with Crippen molar-refractivity contribution >= 4 is 18.0 Å². The highest BCUT2D eigenvalue weighted by Gasteiger charge is 2.32. The number of hydrogen-bond acceptors (Lipinski definition) is 4. The zero-order valence-electron chi connectivity index (χ0n) is 17.5. The molecule has 2 aliphatic rings. The van der Waals surface area contributed by atoms with Crippen molar-refractivity contribution in [1.82, 2.24) is 14.7 Å². The van der Waals surface area contributed by atoms with Crippen molar-refractivity contribution in [3.8, 4) is 11.3 Å². The van der Waals surface area contributed by atoms with Gasteiger partial charge in [-0.2, -0.15) is 5.10 Å². The van der Waals surface area contributed by atoms with E-state index in [1.807, 2.05) is 36.2 Å². The van der Waals surface area contributed by atoms with Gasteiger partial charge in [0.15, 0.2) is 0 Å². The quantitative estimate of drug-likeness (QED) is 0.565. The number of fused-ring (bicyclic) bond motifs is 1. The highest BCUT2D eigenvalue weighted by Crippen LogP contribution is 2.36. The predicted octanol–water partition coefficient (Wildman–Crippen LogP) is 4.19. The minimum Gasteiger partial charge on any atom is -0.466 e. The van der Waals surface area contributed by atoms with E-state index in [-0.39, 0.29) is 5.91 Å². The maximum Gasteiger partial charge on any atom is 0.330 e. The van der Waals surface area contributed by atoms with Crippen LogP contribution in [-0.2, 0) is 16.6 Å². The number of rotatable bonds is 4. The van der Waals surface area contributed by atoms with E-state index in [2.05, 4.69) is 15.9 Å². The van der Waals surface area contributed by atoms with E-state index in [1.54, 1.807) is 17.0 Å². The Labute approximate surface area is 176 Å². The van der Waals surface area contributed by atoms with Crippen LogP contribution in [0.5, 0.6) is 0 Å². The highest BCUT2D eigenvalue weighted by molar-refractivity contribution is 6.01. The zero-order valence-corrected chi connectivity index (χ0v) is 17.5. The third-order valence-electron chi connectivity index (χ3n) is 5.99. The Morgan fingerprint density at radius 3 is 2.70 bits per heavy atom. The molecular formula is C24H27N3O3. The van der Waals surface area contributed by atoms with Gasteiger partial charge in [0.1, 0.15) is 0 Å². The second-order valence-corrected chi connectivity index (χ2v) is 7.86. The summed E-state index contributed by atoms with van der Waals surface area (Å²) in [6.07, 6.45) is 12.7. The first-order valence-corrected chi connectivity index (χ1v) is 10.5. The summed E-state index contributed by atoms with van der Waals surface area (Å²) >= 11 is 0. The molecule has 1 atom stereocenters. The number of amides is 1. The van der Waals surface area contributed by atoms with Gasteiger partial charge in [-0.3, -0.25) is 9.48 Å². The van der Waals surface area contributed by atoms with Gasteiger partial charge in [0, 0.05) is 30.9 Å². The fourth-order valence-electron chi connectivity index (χ4n) is 4.46. The monoisotopic (exact) mass is 405 g/mol. The molecule has 4 rings (SSSR count). The van der Waals surface area contributed by atoms with Crippen LogP contribution in [0.2, 0.25) is 0 Å². The van der Waals surface area contributed by atoms with Gasteiger partial charge in [0.25, 0.3) is 5.91 Å². The molecule has 0 bridgehead atoms. The minimum absolute atomic E-state index is 0.0330. The van der Waals surface area contributed by atoms with Crippen molar-refractivity contribution < 1.29 is 14.3 Å². The van der Waals surface area contributed by atoms with Gasteiger partial charge in [-0.05, 0) is 49.7 Å². The molecule has 1 aromatic carbocycles. The number of aryl methyl sites for hydroxylation is 1. The molecule has 1 saturated heterocycles. The van der Waals surface area contributed by atoms with E-state index in [9.17, 15) is 9.59 Å². The van der Waals surface area contributed by atoms with Crippen LogP contribution in [0.15, 0.2) is 48.3 Å². The molecule has 156 valence electrons. The predicted molar refractivity (Wildman–Crippen MR) is 115 cm³/mol. The number of esters is 1. The number of benzene rings is 1. The summed E-state index contributed by atoms with van der Waals surface area (Å²) < 4.78 is 6.38. The molecule has 1 amide bonds. The van der Waals surface area contributed by atoms with Gasteiger partial charge in [-0.25, -0.2) is 4.79 Å². The van der Waals surface area contributed by atoms with E-state index >= 15 is 0 Å². The zero-order chi connectivity index (χ0) is 21.1. The molecule has 1 aliphatic carbocycles. The van der Waals surface area contributed by atoms with E-state index in [0.29, 0.717) is 11.5 Å². The number of allylic oxidation sites excluding steroid dienone is 2. The minimum atomic E-state index is -0.393. The third kappa shape index (κ3) is 3.95. The summed E-state index contributed by atoms with van der Waals surface area (Å²) in [6, 6.07) is 7.72. The number of hydrogen-bond donors (Lipinski definition) is 0. The second-order valence-electron chi connectivity index (χ2n) is 7.86. The van der Waals surface area contributed by atoms with Crippen LogP contribution in [0.1, 0.15) is 48.0 Å². The molecule has 0 spiro atoms. The lowest BCUT2D eigenvalue weighted by Crippen LogP contribution is -2.39. The van der Waals surface area contributed by atoms with Crippen molar-refractivity contribution in [2.75, 3.05) is 13.7 Å². The Balaban J connectivity index is 1.62. The van der Waals surface area contributed by atoms with Crippen LogP contribution in [0.4, 0.5) is 0 Å². The Morgan fingerprint density at radius 2 is 1.93 bits per heavy atom. The first-order chi connectivity index (χ1) is 14.6. The lowest BCUT2D eigenvalue weighted by molar-refractivity contribution is -0.134. The molecule has 1 aliphatic heterocycles. The maximum atomic E-state index is 13.5. The van der Waals surface area contributed by atoms with Gasteiger partial charge in [0.05, 0.1) is 24.6 Å². The SMILES string of the molecule is COC(=O)C=Cc1ccc(-c2c(C(=O)N3CCCC4CCCC=C43)cnn2C)cc1. The Morgan fingerprint density at radius 1 is 1.17 bits per heavy atom. The lowest BCUT2D eigenvalue weighted by atomic mass is 9.84. The largest absolute Gasteiger partial charge is 0.466 e. The molecular weight excluding hydrogens is 378 g/mol. The van der Waals surface area contributed by atoms with Crippen molar-refractivity contribution in [3.63, 3.8) is 0 Å². The number of methoxy groups -OCH3 is 1. The number of ether oxygens (including phenoxy) is 1. The first kappa shape index (κ1) is 20.1. The summed E-state index contributed by atoms with van der Waals surface area (Å²) in [5.74, 6) is 0.151. The van der Waals surface area contributed by atoms with Gasteiger partial charge >= 0.3 is 5.97 Å². The van der Waals surface area contributed by atoms with E-state index in [0.717, 1.165) is 36.2 Å². The van der Waals surface area contributed by atoms with Crippen molar-refractivity contribution in [2.45, 2.75) is 32.1 Å². The normalized spacial score (nSPS) is 18.8. The van der Waals surface area contributed by atoms with Crippen LogP contribution in [0.25, 0.3) is 17.3 Å². The summed E-state index contributed by atoms with van der Waals surface area (Å²) in [5.41, 5.74) is 4.44. The smallest absolute Gasteiger partial charge is 0.330 e. The number of nitrogens with zero attached hydrogens (tertiary/aromatic N) is 3. The molecule has 1 fully saturated rings. The molecule has 1 unspecified atom stereocenters. The topological polar surface area (TPSA) is 64.4 Å². The number of likely N-dealkylation sites (tertiary alicyclic amines) is 1. The summed E-state index contributed by atoms with van der Waals surface area (Å²) in [5, 5.41) is 4.38. The summed E-state index contributed by atoms with van der Waals surface area (Å²) in [4.78, 5) is 26.8. The molecule has 0 radical (unpaired) electrons. The summed E-state index contributed by atoms with van der Waals surface area (Å²) in [6.45, 7) is 0.771. The van der Waals surface area contributed by atoms with Crippen molar-refractivity contribution in [3.05, 3.63) is 59.4 Å². The molecule has 6 nitrogen and oxygen atoms in total. The van der Waals surface area contributed by atoms with E-state index < -0.39 is 5.97 Å². The highest BCUT2D eigenvalue weighted by atomic mass is 16.5. The van der Waals surface area contributed by atoms with Gasteiger partial charge in [-0.1, -0.05) is 30.3 Å². The fraction of sp³-hybridized carbons (Fsp3) is 0.375. The van der Waals surface area contributed by atoms with Gasteiger partial charge < -0.3 is 9.64 Å². The van der Waals surface area contributed by atoms with Gasteiger partial charge in [0.2, 0.25) is 0 Å². The standard InChI is InChI=1S/C24H27N3O3/c1-26-23(19-12-9-17(10-13-19)11-14-22(28)30-2)20(16-25-26)24(29)27-15-5-7-18-6-3-4-8-21(18)27/h8-14,16,18H,3-7,15H2,1-2H3. The van der Waals surface area contributed by atoms with Gasteiger partial charge in [-0.15, -0.1) is 0 Å². The van der Waals surface area contributed by atoms with E-state index in [1.165, 1.54) is 38.1 Å². The number of piperidine rings is 1. The van der Waals surface area contributed by atoms with Crippen LogP contribution < -0.4 is 0 Å². The number of aromatic nitrogens is 2. The average Bonchev–Trinajstić information content (AvgIpc) is 3.18. The third-order valence-corrected chi connectivity index (χ3v) is 5.99. The molecule has 1 aromatic heterocycles. The Kier molecular flexibility index (Phi) is 5.84. The Bertz CT molecular complexity index is 1000. The molecule has 0 N–H and O–H groups in total. The molecule has 0 saturated carbocycles. The molecule has 2 heterocycles. The maximum absolute atomic E-state index is 13.5. The molecule has 30 heavy (non-hydrogen) atoms.